The minimum Gasteiger partial charge on any atom is -0.478 e. The molecule has 0 saturated heterocycles. The van der Waals surface area contributed by atoms with Crippen molar-refractivity contribution >= 4 is 39.9 Å². The number of hydrogen-bond donors (Lipinski definition) is 1. The fourth-order valence-electron chi connectivity index (χ4n) is 2.84. The first-order chi connectivity index (χ1) is 12.2. The summed E-state index contributed by atoms with van der Waals surface area (Å²) in [4.78, 5) is 20.4. The molecule has 2 heterocycles. The summed E-state index contributed by atoms with van der Waals surface area (Å²) < 4.78 is 0. The van der Waals surface area contributed by atoms with E-state index in [-0.39, 0.29) is 5.56 Å². The summed E-state index contributed by atoms with van der Waals surface area (Å²) in [6.07, 6.45) is 5.52. The number of fused-ring (bicyclic) bond motifs is 2. The molecule has 2 aromatic heterocycles. The molecule has 0 aliphatic heterocycles. The van der Waals surface area contributed by atoms with Crippen LogP contribution in [0.5, 0.6) is 0 Å². The molecule has 25 heavy (non-hydrogen) atoms. The third-order valence-electron chi connectivity index (χ3n) is 4.04. The van der Waals surface area contributed by atoms with Crippen LogP contribution in [0, 0.1) is 0 Å². The first-order valence-electron chi connectivity index (χ1n) is 7.87. The van der Waals surface area contributed by atoms with Gasteiger partial charge in [0.1, 0.15) is 0 Å². The maximum Gasteiger partial charge on any atom is 0.336 e. The van der Waals surface area contributed by atoms with Crippen LogP contribution in [0.15, 0.2) is 66.9 Å². The van der Waals surface area contributed by atoms with Gasteiger partial charge in [-0.3, -0.25) is 4.98 Å². The van der Waals surface area contributed by atoms with Crippen LogP contribution in [0.25, 0.3) is 34.0 Å². The van der Waals surface area contributed by atoms with Crippen molar-refractivity contribution in [1.82, 2.24) is 9.97 Å². The lowest BCUT2D eigenvalue weighted by atomic mass is 10.1. The van der Waals surface area contributed by atoms with Gasteiger partial charge in [0.2, 0.25) is 0 Å². The van der Waals surface area contributed by atoms with Gasteiger partial charge in [0.15, 0.2) is 0 Å². The zero-order chi connectivity index (χ0) is 17.2. The molecule has 0 aliphatic carbocycles. The van der Waals surface area contributed by atoms with Gasteiger partial charge in [-0.15, -0.1) is 0 Å². The lowest BCUT2D eigenvalue weighted by Crippen LogP contribution is -2.00. The largest absolute Gasteiger partial charge is 0.478 e. The Kier molecular flexibility index (Phi) is 3.71. The van der Waals surface area contributed by atoms with Crippen molar-refractivity contribution < 1.29 is 9.90 Å². The molecule has 0 amide bonds. The zero-order valence-electron chi connectivity index (χ0n) is 13.3. The predicted molar refractivity (Wildman–Crippen MR) is 99.4 cm³/mol. The van der Waals surface area contributed by atoms with Gasteiger partial charge in [-0.25, -0.2) is 9.78 Å². The number of nitrogens with zero attached hydrogens (tertiary/aromatic N) is 2. The number of carboxylic acids is 1. The molecular formula is C21H14N2O2. The fraction of sp³-hybridized carbons (Fsp3) is 0. The molecule has 0 radical (unpaired) electrons. The minimum atomic E-state index is -0.954. The van der Waals surface area contributed by atoms with Crippen LogP contribution in [0.3, 0.4) is 0 Å². The highest BCUT2D eigenvalue weighted by atomic mass is 16.4. The molecule has 0 unspecified atom stereocenters. The first kappa shape index (κ1) is 15.0. The highest BCUT2D eigenvalue weighted by Crippen LogP contribution is 2.20. The predicted octanol–water partition coefficient (Wildman–Crippen LogP) is 4.65. The molecule has 0 fully saturated rings. The number of carboxylic acid groups (broad SMARTS) is 1. The second kappa shape index (κ2) is 6.17. The van der Waals surface area contributed by atoms with Crippen molar-refractivity contribution in [3.05, 3.63) is 83.7 Å². The Morgan fingerprint density at radius 3 is 2.68 bits per heavy atom. The molecule has 0 atom stereocenters. The van der Waals surface area contributed by atoms with Crippen molar-refractivity contribution in [2.45, 2.75) is 0 Å². The second-order valence-corrected chi connectivity index (χ2v) is 5.71. The van der Waals surface area contributed by atoms with E-state index in [1.54, 1.807) is 18.3 Å². The Labute approximate surface area is 144 Å². The van der Waals surface area contributed by atoms with E-state index in [1.165, 1.54) is 0 Å². The molecule has 4 rings (SSSR count). The SMILES string of the molecule is O=C(O)c1cc(/C=C/c2ccc3ncccc3c2)nc2ccccc12. The van der Waals surface area contributed by atoms with E-state index >= 15 is 0 Å². The molecule has 4 nitrogen and oxygen atoms in total. The second-order valence-electron chi connectivity index (χ2n) is 5.71. The Morgan fingerprint density at radius 1 is 0.920 bits per heavy atom. The van der Waals surface area contributed by atoms with Crippen molar-refractivity contribution in [3.8, 4) is 0 Å². The number of rotatable bonds is 3. The molecule has 0 spiro atoms. The number of para-hydroxylation sites is 1. The summed E-state index contributed by atoms with van der Waals surface area (Å²) in [7, 11) is 0. The van der Waals surface area contributed by atoms with Crippen molar-refractivity contribution in [2.24, 2.45) is 0 Å². The standard InChI is InChI=1S/C21H14N2O2/c24-21(25)18-13-16(23-20-6-2-1-5-17(18)20)9-7-14-8-10-19-15(12-14)4-3-11-22-19/h1-13H,(H,24,25)/b9-7+. The van der Waals surface area contributed by atoms with Gasteiger partial charge in [0.05, 0.1) is 22.3 Å². The normalized spacial score (nSPS) is 11.4. The summed E-state index contributed by atoms with van der Waals surface area (Å²) in [6, 6.07) is 18.8. The van der Waals surface area contributed by atoms with Crippen LogP contribution in [-0.4, -0.2) is 21.0 Å². The van der Waals surface area contributed by atoms with Gasteiger partial charge < -0.3 is 5.11 Å². The van der Waals surface area contributed by atoms with E-state index in [0.717, 1.165) is 16.5 Å². The van der Waals surface area contributed by atoms with Gasteiger partial charge in [-0.05, 0) is 42.0 Å². The quantitative estimate of drug-likeness (QED) is 0.595. The number of aromatic carboxylic acids is 1. The highest BCUT2D eigenvalue weighted by Gasteiger charge is 2.10. The smallest absolute Gasteiger partial charge is 0.336 e. The third kappa shape index (κ3) is 2.97. The van der Waals surface area contributed by atoms with Crippen LogP contribution in [0.2, 0.25) is 0 Å². The van der Waals surface area contributed by atoms with E-state index in [1.807, 2.05) is 60.7 Å². The molecule has 0 aliphatic rings. The lowest BCUT2D eigenvalue weighted by molar-refractivity contribution is 0.0699. The summed E-state index contributed by atoms with van der Waals surface area (Å²) in [5, 5.41) is 11.2. The molecule has 0 bridgehead atoms. The topological polar surface area (TPSA) is 63.1 Å². The van der Waals surface area contributed by atoms with Crippen LogP contribution < -0.4 is 0 Å². The van der Waals surface area contributed by atoms with Gasteiger partial charge in [-0.1, -0.05) is 36.4 Å². The molecule has 1 N–H and O–H groups in total. The van der Waals surface area contributed by atoms with Gasteiger partial charge in [0.25, 0.3) is 0 Å². The molecule has 4 aromatic rings. The van der Waals surface area contributed by atoms with Crippen molar-refractivity contribution in [2.75, 3.05) is 0 Å². The molecule has 120 valence electrons. The van der Waals surface area contributed by atoms with Crippen LogP contribution in [0.1, 0.15) is 21.6 Å². The Balaban J connectivity index is 1.76. The number of pyridine rings is 2. The summed E-state index contributed by atoms with van der Waals surface area (Å²) in [5.41, 5.74) is 3.49. The third-order valence-corrected chi connectivity index (χ3v) is 4.04. The maximum absolute atomic E-state index is 11.5. The maximum atomic E-state index is 11.5. The Hall–Kier alpha value is -3.53. The monoisotopic (exact) mass is 326 g/mol. The summed E-state index contributed by atoms with van der Waals surface area (Å²) in [6.45, 7) is 0. The summed E-state index contributed by atoms with van der Waals surface area (Å²) >= 11 is 0. The Bertz CT molecular complexity index is 1130. The van der Waals surface area contributed by atoms with Crippen molar-refractivity contribution in [1.29, 1.82) is 0 Å². The minimum absolute atomic E-state index is 0.257. The van der Waals surface area contributed by atoms with Crippen LogP contribution in [-0.2, 0) is 0 Å². The van der Waals surface area contributed by atoms with Crippen LogP contribution in [0.4, 0.5) is 0 Å². The van der Waals surface area contributed by atoms with E-state index in [9.17, 15) is 9.90 Å². The van der Waals surface area contributed by atoms with E-state index in [4.69, 9.17) is 0 Å². The van der Waals surface area contributed by atoms with E-state index in [2.05, 4.69) is 9.97 Å². The lowest BCUT2D eigenvalue weighted by Gasteiger charge is -2.04. The van der Waals surface area contributed by atoms with Gasteiger partial charge in [-0.2, -0.15) is 0 Å². The molecular weight excluding hydrogens is 312 g/mol. The van der Waals surface area contributed by atoms with Gasteiger partial charge in [0, 0.05) is 17.0 Å². The molecule has 2 aromatic carbocycles. The number of benzene rings is 2. The zero-order valence-corrected chi connectivity index (χ0v) is 13.3. The van der Waals surface area contributed by atoms with Gasteiger partial charge >= 0.3 is 5.97 Å². The van der Waals surface area contributed by atoms with Crippen molar-refractivity contribution in [3.63, 3.8) is 0 Å². The van der Waals surface area contributed by atoms with Crippen LogP contribution >= 0.6 is 0 Å². The fourth-order valence-corrected chi connectivity index (χ4v) is 2.84. The first-order valence-corrected chi connectivity index (χ1v) is 7.87. The Morgan fingerprint density at radius 2 is 1.80 bits per heavy atom. The molecule has 0 saturated carbocycles. The summed E-state index contributed by atoms with van der Waals surface area (Å²) in [5.74, 6) is -0.954. The number of hydrogen-bond acceptors (Lipinski definition) is 3. The number of carbonyl (C=O) groups is 1. The van der Waals surface area contributed by atoms with E-state index < -0.39 is 5.97 Å². The highest BCUT2D eigenvalue weighted by molar-refractivity contribution is 6.03. The average Bonchev–Trinajstić information content (AvgIpc) is 2.65. The molecule has 4 heteroatoms. The van der Waals surface area contributed by atoms with E-state index in [0.29, 0.717) is 16.6 Å². The number of aromatic nitrogens is 2. The average molecular weight is 326 g/mol.